The van der Waals surface area contributed by atoms with Crippen LogP contribution in [0.3, 0.4) is 0 Å². The number of aryl methyl sites for hydroxylation is 1. The molecule has 1 aromatic carbocycles. The third kappa shape index (κ3) is 4.28. The van der Waals surface area contributed by atoms with Crippen LogP contribution in [0.5, 0.6) is 0 Å². The van der Waals surface area contributed by atoms with E-state index < -0.39 is 34.7 Å². The number of pyridine rings is 1. The average molecular weight is 457 g/mol. The third-order valence-electron chi connectivity index (χ3n) is 4.53. The number of carbonyl (C=O) groups excluding carboxylic acids is 2. The van der Waals surface area contributed by atoms with Gasteiger partial charge in [0, 0.05) is 41.3 Å². The molecule has 4 rings (SSSR count). The van der Waals surface area contributed by atoms with Gasteiger partial charge < -0.3 is 10.3 Å². The summed E-state index contributed by atoms with van der Waals surface area (Å²) >= 11 is 1.29. The van der Waals surface area contributed by atoms with E-state index in [1.807, 2.05) is 13.0 Å². The van der Waals surface area contributed by atoms with Crippen LogP contribution in [-0.2, 0) is 6.54 Å². The lowest BCUT2D eigenvalue weighted by atomic mass is 10.0. The summed E-state index contributed by atoms with van der Waals surface area (Å²) in [6.07, 6.45) is 2.82. The highest BCUT2D eigenvalue weighted by Gasteiger charge is 2.22. The van der Waals surface area contributed by atoms with Crippen LogP contribution in [0, 0.1) is 24.4 Å². The average Bonchev–Trinajstić information content (AvgIpc) is 3.42. The van der Waals surface area contributed by atoms with Gasteiger partial charge in [-0.3, -0.25) is 14.6 Å². The summed E-state index contributed by atoms with van der Waals surface area (Å²) in [5.74, 6) is -5.36. The maximum atomic E-state index is 13.9. The summed E-state index contributed by atoms with van der Waals surface area (Å²) in [6, 6.07) is 5.65. The van der Waals surface area contributed by atoms with Crippen molar-refractivity contribution in [2.75, 3.05) is 0 Å². The highest BCUT2D eigenvalue weighted by molar-refractivity contribution is 7.14. The van der Waals surface area contributed by atoms with Crippen LogP contribution < -0.4 is 5.32 Å². The van der Waals surface area contributed by atoms with Crippen molar-refractivity contribution in [2.45, 2.75) is 13.5 Å². The number of nitrogens with one attached hydrogen (secondary N) is 2. The topological polar surface area (TPSA) is 101 Å². The summed E-state index contributed by atoms with van der Waals surface area (Å²) in [6.45, 7) is 1.94. The molecule has 4 aromatic rings. The number of halogens is 3. The first kappa shape index (κ1) is 21.4. The van der Waals surface area contributed by atoms with E-state index in [2.05, 4.69) is 25.5 Å². The summed E-state index contributed by atoms with van der Waals surface area (Å²) in [5, 5.41) is 12.0. The van der Waals surface area contributed by atoms with Crippen molar-refractivity contribution < 1.29 is 22.8 Å². The lowest BCUT2D eigenvalue weighted by Gasteiger charge is -2.03. The fourth-order valence-electron chi connectivity index (χ4n) is 2.96. The van der Waals surface area contributed by atoms with Gasteiger partial charge in [-0.1, -0.05) is 11.3 Å². The van der Waals surface area contributed by atoms with Crippen LogP contribution in [0.4, 0.5) is 13.2 Å². The van der Waals surface area contributed by atoms with Gasteiger partial charge in [0.25, 0.3) is 5.91 Å². The smallest absolute Gasteiger partial charge is 0.268 e. The largest absolute Gasteiger partial charge is 0.356 e. The molecule has 3 aromatic heterocycles. The van der Waals surface area contributed by atoms with Crippen LogP contribution in [0.15, 0.2) is 42.7 Å². The van der Waals surface area contributed by atoms with Gasteiger partial charge in [-0.2, -0.15) is 0 Å². The molecule has 0 saturated heterocycles. The van der Waals surface area contributed by atoms with E-state index in [1.165, 1.54) is 11.3 Å². The van der Waals surface area contributed by atoms with Crippen LogP contribution in [0.1, 0.15) is 37.1 Å². The molecule has 0 radical (unpaired) electrons. The molecule has 0 saturated carbocycles. The normalized spacial score (nSPS) is 10.9. The van der Waals surface area contributed by atoms with Gasteiger partial charge in [0.05, 0.1) is 12.1 Å². The highest BCUT2D eigenvalue weighted by Crippen LogP contribution is 2.25. The summed E-state index contributed by atoms with van der Waals surface area (Å²) in [4.78, 5) is 31.6. The maximum absolute atomic E-state index is 13.9. The first-order valence-electron chi connectivity index (χ1n) is 9.23. The predicted molar refractivity (Wildman–Crippen MR) is 110 cm³/mol. The molecule has 3 heterocycles. The molecule has 7 nitrogen and oxygen atoms in total. The van der Waals surface area contributed by atoms with Gasteiger partial charge in [-0.25, -0.2) is 13.2 Å². The van der Waals surface area contributed by atoms with Crippen molar-refractivity contribution in [3.05, 3.63) is 87.7 Å². The molecule has 162 valence electrons. The second-order valence-corrected chi connectivity index (χ2v) is 7.76. The van der Waals surface area contributed by atoms with E-state index in [4.69, 9.17) is 0 Å². The number of hydrogen-bond acceptors (Lipinski definition) is 6. The molecule has 0 fully saturated rings. The Morgan fingerprint density at radius 1 is 1.12 bits per heavy atom. The van der Waals surface area contributed by atoms with E-state index >= 15 is 0 Å². The Morgan fingerprint density at radius 3 is 2.59 bits per heavy atom. The second-order valence-electron chi connectivity index (χ2n) is 6.70. The van der Waals surface area contributed by atoms with Crippen LogP contribution in [0.25, 0.3) is 10.6 Å². The Balaban J connectivity index is 1.44. The van der Waals surface area contributed by atoms with Crippen molar-refractivity contribution in [1.82, 2.24) is 25.5 Å². The number of hydrogen-bond donors (Lipinski definition) is 2. The first-order valence-corrected chi connectivity index (χ1v) is 10.1. The highest BCUT2D eigenvalue weighted by atomic mass is 32.1. The monoisotopic (exact) mass is 457 g/mol. The Morgan fingerprint density at radius 2 is 1.88 bits per heavy atom. The van der Waals surface area contributed by atoms with Crippen LogP contribution in [-0.4, -0.2) is 31.9 Å². The first-order chi connectivity index (χ1) is 15.3. The molecule has 0 unspecified atom stereocenters. The van der Waals surface area contributed by atoms with E-state index in [9.17, 15) is 22.8 Å². The van der Waals surface area contributed by atoms with E-state index in [1.54, 1.807) is 12.3 Å². The lowest BCUT2D eigenvalue weighted by Crippen LogP contribution is -2.23. The molecule has 0 aliphatic heterocycles. The van der Waals surface area contributed by atoms with Crippen molar-refractivity contribution >= 4 is 23.0 Å². The van der Waals surface area contributed by atoms with Gasteiger partial charge >= 0.3 is 0 Å². The molecule has 2 N–H and O–H groups in total. The van der Waals surface area contributed by atoms with Crippen LogP contribution in [0.2, 0.25) is 0 Å². The summed E-state index contributed by atoms with van der Waals surface area (Å²) in [5.41, 5.74) is 0.602. The van der Waals surface area contributed by atoms with Crippen molar-refractivity contribution in [2.24, 2.45) is 0 Å². The molecule has 32 heavy (non-hydrogen) atoms. The minimum absolute atomic E-state index is 0.00382. The number of amides is 1. The maximum Gasteiger partial charge on any atom is 0.268 e. The van der Waals surface area contributed by atoms with E-state index in [0.29, 0.717) is 22.1 Å². The molecular formula is C21H14F3N5O2S. The summed E-state index contributed by atoms with van der Waals surface area (Å²) < 4.78 is 40.8. The third-order valence-corrected chi connectivity index (χ3v) is 5.48. The molecule has 11 heteroatoms. The standard InChI is InChI=1S/C21H14F3N5O2S/c1-10-13(3-2-4-25-10)21-29-28-17(32-21)9-27-20(31)16-5-11(8-26-16)19(30)18-14(23)6-12(22)7-15(18)24/h2-8,26H,9H2,1H3,(H,27,31). The van der Waals surface area contributed by atoms with Gasteiger partial charge in [0.2, 0.25) is 0 Å². The Kier molecular flexibility index (Phi) is 5.82. The number of carbonyl (C=O) groups is 2. The van der Waals surface area contributed by atoms with Gasteiger partial charge in [0.15, 0.2) is 5.78 Å². The Bertz CT molecular complexity index is 1310. The van der Waals surface area contributed by atoms with Crippen molar-refractivity contribution in [1.29, 1.82) is 0 Å². The Hall–Kier alpha value is -3.86. The summed E-state index contributed by atoms with van der Waals surface area (Å²) in [7, 11) is 0. The predicted octanol–water partition coefficient (Wildman–Crippen LogP) is 3.81. The minimum atomic E-state index is -1.32. The fraction of sp³-hybridized carbons (Fsp3) is 0.0952. The number of ketones is 1. The molecule has 0 bridgehead atoms. The number of H-pyrrole nitrogens is 1. The van der Waals surface area contributed by atoms with Gasteiger partial charge in [-0.15, -0.1) is 10.2 Å². The van der Waals surface area contributed by atoms with Gasteiger partial charge in [-0.05, 0) is 25.1 Å². The van der Waals surface area contributed by atoms with Crippen molar-refractivity contribution in [3.63, 3.8) is 0 Å². The Labute approximate surface area is 183 Å². The zero-order chi connectivity index (χ0) is 22.8. The van der Waals surface area contributed by atoms with E-state index in [-0.39, 0.29) is 17.8 Å². The zero-order valence-corrected chi connectivity index (χ0v) is 17.3. The SMILES string of the molecule is Cc1ncccc1-c1nnc(CNC(=O)c2cc(C(=O)c3c(F)cc(F)cc3F)c[nH]2)s1. The lowest BCUT2D eigenvalue weighted by molar-refractivity contribution is 0.0946. The molecule has 1 amide bonds. The number of aromatic nitrogens is 4. The fourth-order valence-corrected chi connectivity index (χ4v) is 3.81. The van der Waals surface area contributed by atoms with Gasteiger partial charge in [0.1, 0.15) is 33.2 Å². The molecule has 0 aliphatic carbocycles. The molecule has 0 spiro atoms. The quantitative estimate of drug-likeness (QED) is 0.429. The minimum Gasteiger partial charge on any atom is -0.356 e. The number of benzene rings is 1. The number of nitrogens with zero attached hydrogens (tertiary/aromatic N) is 3. The molecule has 0 aliphatic rings. The molecule has 0 atom stereocenters. The van der Waals surface area contributed by atoms with Crippen molar-refractivity contribution in [3.8, 4) is 10.6 Å². The van der Waals surface area contributed by atoms with E-state index in [0.717, 1.165) is 23.5 Å². The number of aromatic amines is 1. The molecular weight excluding hydrogens is 443 g/mol. The second kappa shape index (κ2) is 8.71. The zero-order valence-electron chi connectivity index (χ0n) is 16.4. The number of rotatable bonds is 6. The van der Waals surface area contributed by atoms with Crippen LogP contribution >= 0.6 is 11.3 Å².